The van der Waals surface area contributed by atoms with Gasteiger partial charge in [0, 0.05) is 5.25 Å². The highest BCUT2D eigenvalue weighted by atomic mass is 32.7. The van der Waals surface area contributed by atoms with Crippen LogP contribution >= 0.6 is 42.1 Å². The van der Waals surface area contributed by atoms with Gasteiger partial charge >= 0.3 is 6.72 Å². The molecule has 0 saturated carbocycles. The number of thioether (sulfide) groups is 1. The van der Waals surface area contributed by atoms with Gasteiger partial charge in [-0.25, -0.2) is 0 Å². The molecule has 3 nitrogen and oxygen atoms in total. The molecular formula is C9H20NO2PS3. The molecule has 0 spiro atoms. The fraction of sp³-hybridized carbons (Fsp3) is 0.889. The van der Waals surface area contributed by atoms with E-state index >= 15 is 0 Å². The molecule has 0 fully saturated rings. The van der Waals surface area contributed by atoms with Crippen molar-refractivity contribution in [1.29, 1.82) is 0 Å². The van der Waals surface area contributed by atoms with Gasteiger partial charge in [0.25, 0.3) is 0 Å². The Balaban J connectivity index is 4.76. The summed E-state index contributed by atoms with van der Waals surface area (Å²) in [5.41, 5.74) is 1.45. The molecule has 0 N–H and O–H groups in total. The summed E-state index contributed by atoms with van der Waals surface area (Å²) in [6, 6.07) is 0. The second kappa shape index (κ2) is 8.81. The van der Waals surface area contributed by atoms with E-state index in [1.165, 1.54) is 16.9 Å². The van der Waals surface area contributed by atoms with Crippen LogP contribution in [0.15, 0.2) is 0 Å². The number of hydrogen-bond donors (Lipinski definition) is 0. The van der Waals surface area contributed by atoms with Crippen molar-refractivity contribution in [2.75, 3.05) is 18.7 Å². The Bertz CT molecular complexity index is 253. The second-order valence-electron chi connectivity index (χ2n) is 3.17. The first kappa shape index (κ1) is 16.8. The number of rotatable bonds is 9. The van der Waals surface area contributed by atoms with Crippen LogP contribution in [-0.2, 0) is 9.09 Å². The van der Waals surface area contributed by atoms with E-state index in [1.54, 1.807) is 16.4 Å². The molecule has 96 valence electrons. The van der Waals surface area contributed by atoms with E-state index in [0.29, 0.717) is 17.7 Å². The minimum absolute atomic E-state index is 0.302. The highest BCUT2D eigenvalue weighted by Gasteiger charge is 2.32. The molecule has 0 bridgehead atoms. The van der Waals surface area contributed by atoms with Gasteiger partial charge in [0.2, 0.25) is 0 Å². The molecular weight excluding hydrogens is 281 g/mol. The maximum absolute atomic E-state index is 12.7. The van der Waals surface area contributed by atoms with Gasteiger partial charge in [-0.1, -0.05) is 26.1 Å². The van der Waals surface area contributed by atoms with Crippen LogP contribution in [0, 0.1) is 0 Å². The van der Waals surface area contributed by atoms with Crippen LogP contribution in [0.5, 0.6) is 0 Å². The normalized spacial score (nSPS) is 16.5. The summed E-state index contributed by atoms with van der Waals surface area (Å²) in [4.78, 5) is 0. The van der Waals surface area contributed by atoms with E-state index < -0.39 is 6.72 Å². The zero-order valence-corrected chi connectivity index (χ0v) is 13.6. The molecule has 0 aromatic rings. The van der Waals surface area contributed by atoms with Crippen molar-refractivity contribution in [3.8, 4) is 0 Å². The minimum atomic E-state index is -2.85. The maximum Gasteiger partial charge on any atom is 0.354 e. The van der Waals surface area contributed by atoms with Gasteiger partial charge in [0.15, 0.2) is 0 Å². The molecule has 2 unspecified atom stereocenters. The van der Waals surface area contributed by atoms with Crippen LogP contribution in [0.3, 0.4) is 0 Å². The molecule has 16 heavy (non-hydrogen) atoms. The van der Waals surface area contributed by atoms with Gasteiger partial charge in [-0.05, 0) is 31.0 Å². The smallest absolute Gasteiger partial charge is 0.306 e. The van der Waals surface area contributed by atoms with E-state index in [4.69, 9.17) is 16.7 Å². The molecule has 2 atom stereocenters. The van der Waals surface area contributed by atoms with Crippen LogP contribution in [0.2, 0.25) is 0 Å². The first-order chi connectivity index (χ1) is 7.53. The Morgan fingerprint density at radius 3 is 2.56 bits per heavy atom. The third kappa shape index (κ3) is 5.41. The fourth-order valence-electron chi connectivity index (χ4n) is 0.921. The van der Waals surface area contributed by atoms with Crippen molar-refractivity contribution in [2.24, 2.45) is 0 Å². The predicted octanol–water partition coefficient (Wildman–Crippen LogP) is 4.24. The third-order valence-electron chi connectivity index (χ3n) is 1.88. The van der Waals surface area contributed by atoms with E-state index in [9.17, 15) is 4.57 Å². The molecule has 0 aliphatic rings. The summed E-state index contributed by atoms with van der Waals surface area (Å²) in [6.07, 6.45) is 2.92. The summed E-state index contributed by atoms with van der Waals surface area (Å²) in [6.45, 7) is 3.57. The lowest BCUT2D eigenvalue weighted by atomic mass is 10.4. The predicted molar refractivity (Wildman–Crippen MR) is 80.5 cm³/mol. The van der Waals surface area contributed by atoms with Gasteiger partial charge in [-0.2, -0.15) is 0 Å². The topological polar surface area (TPSA) is 29.5 Å². The lowest BCUT2D eigenvalue weighted by molar-refractivity contribution is 0.323. The zero-order chi connectivity index (χ0) is 12.6. The zero-order valence-electron chi connectivity index (χ0n) is 10.2. The van der Waals surface area contributed by atoms with Gasteiger partial charge in [-0.15, -0.1) is 11.8 Å². The summed E-state index contributed by atoms with van der Waals surface area (Å²) in [5, 5.41) is 0.302. The maximum atomic E-state index is 12.7. The largest absolute Gasteiger partial charge is 0.354 e. The molecule has 0 rings (SSSR count). The summed E-state index contributed by atoms with van der Waals surface area (Å²) in [7, 11) is 0. The summed E-state index contributed by atoms with van der Waals surface area (Å²) in [5.74, 6) is 0.601. The average molecular weight is 301 g/mol. The first-order valence-corrected chi connectivity index (χ1v) is 10.1. The van der Waals surface area contributed by atoms with E-state index in [1.807, 2.05) is 13.2 Å². The summed E-state index contributed by atoms with van der Waals surface area (Å²) >= 11 is 7.89. The fourth-order valence-corrected chi connectivity index (χ4v) is 7.51. The second-order valence-corrected chi connectivity index (χ2v) is 8.96. The SMILES string of the molecule is CCOP(=O)(SC(C)CC)N(C=S)CSC. The lowest BCUT2D eigenvalue weighted by Crippen LogP contribution is -2.18. The van der Waals surface area contributed by atoms with Crippen molar-refractivity contribution >= 4 is 47.6 Å². The molecule has 0 aliphatic carbocycles. The third-order valence-corrected chi connectivity index (χ3v) is 8.27. The van der Waals surface area contributed by atoms with Crippen molar-refractivity contribution in [1.82, 2.24) is 4.67 Å². The van der Waals surface area contributed by atoms with E-state index in [0.717, 1.165) is 6.42 Å². The van der Waals surface area contributed by atoms with Crippen molar-refractivity contribution in [2.45, 2.75) is 32.4 Å². The highest BCUT2D eigenvalue weighted by molar-refractivity contribution is 8.56. The number of nitrogens with zero attached hydrogens (tertiary/aromatic N) is 1. The molecule has 0 aromatic carbocycles. The molecule has 0 aromatic heterocycles. The molecule has 7 heteroatoms. The highest BCUT2D eigenvalue weighted by Crippen LogP contribution is 2.64. The van der Waals surface area contributed by atoms with Gasteiger partial charge < -0.3 is 4.52 Å². The first-order valence-electron chi connectivity index (χ1n) is 5.18. The summed E-state index contributed by atoms with van der Waals surface area (Å²) < 4.78 is 19.7. The average Bonchev–Trinajstić information content (AvgIpc) is 2.25. The van der Waals surface area contributed by atoms with Crippen LogP contribution in [0.25, 0.3) is 0 Å². The Labute approximate surface area is 112 Å². The van der Waals surface area contributed by atoms with Crippen LogP contribution in [0.4, 0.5) is 0 Å². The molecule has 0 aliphatic heterocycles. The minimum Gasteiger partial charge on any atom is -0.306 e. The molecule has 0 radical (unpaired) electrons. The van der Waals surface area contributed by atoms with Gasteiger partial charge in [-0.3, -0.25) is 9.24 Å². The molecule has 0 heterocycles. The quantitative estimate of drug-likeness (QED) is 0.359. The van der Waals surface area contributed by atoms with Crippen LogP contribution in [-0.4, -0.2) is 34.2 Å². The van der Waals surface area contributed by atoms with Crippen LogP contribution in [0.1, 0.15) is 27.2 Å². The number of thiocarbonyl (C=S) groups is 1. The molecule has 0 saturated heterocycles. The van der Waals surface area contributed by atoms with Gasteiger partial charge in [0.05, 0.1) is 18.0 Å². The standard InChI is InChI=1S/C9H20NO2PS3/c1-5-9(3)16-13(11,12-6-2)10(7-14)8-15-4/h7,9H,5-6,8H2,1-4H3. The molecule has 0 amide bonds. The van der Waals surface area contributed by atoms with Crippen molar-refractivity contribution in [3.05, 3.63) is 0 Å². The van der Waals surface area contributed by atoms with Crippen LogP contribution < -0.4 is 0 Å². The lowest BCUT2D eigenvalue weighted by Gasteiger charge is -2.29. The van der Waals surface area contributed by atoms with Crippen molar-refractivity contribution < 1.29 is 9.09 Å². The van der Waals surface area contributed by atoms with E-state index in [-0.39, 0.29) is 0 Å². The number of hydrogen-bond acceptors (Lipinski definition) is 5. The Morgan fingerprint density at radius 2 is 2.19 bits per heavy atom. The van der Waals surface area contributed by atoms with Gasteiger partial charge in [0.1, 0.15) is 0 Å². The van der Waals surface area contributed by atoms with Crippen molar-refractivity contribution in [3.63, 3.8) is 0 Å². The van der Waals surface area contributed by atoms with E-state index in [2.05, 4.69) is 13.8 Å². The Hall–Kier alpha value is 0.780. The Kier molecular flexibility index (Phi) is 9.24. The monoisotopic (exact) mass is 301 g/mol. The Morgan fingerprint density at radius 1 is 1.56 bits per heavy atom.